The number of hydrogen-bond acceptors (Lipinski definition) is 5. The van der Waals surface area contributed by atoms with Crippen molar-refractivity contribution in [1.82, 2.24) is 10.2 Å². The number of rotatable bonds is 4. The van der Waals surface area contributed by atoms with Crippen molar-refractivity contribution in [2.75, 3.05) is 20.0 Å². The number of methoxy groups -OCH3 is 2. The van der Waals surface area contributed by atoms with Crippen LogP contribution in [0.25, 0.3) is 0 Å². The topological polar surface area (TPSA) is 70.3 Å². The fourth-order valence-electron chi connectivity index (χ4n) is 2.00. The number of nitrogens with zero attached hydrogens (tertiary/aromatic N) is 2. The maximum atomic E-state index is 13.0. The molecule has 0 saturated carbocycles. The van der Waals surface area contributed by atoms with E-state index in [-0.39, 0.29) is 21.4 Å². The molecule has 0 aliphatic rings. The summed E-state index contributed by atoms with van der Waals surface area (Å²) in [5, 5.41) is 6.59. The molecule has 0 saturated heterocycles. The minimum absolute atomic E-state index is 0.0414. The van der Waals surface area contributed by atoms with Crippen LogP contribution in [0.3, 0.4) is 0 Å². The quantitative estimate of drug-likeness (QED) is 0.741. The van der Waals surface area contributed by atoms with E-state index in [1.807, 2.05) is 0 Å². The molecule has 0 bridgehead atoms. The van der Waals surface area contributed by atoms with Crippen LogP contribution in [0.15, 0.2) is 18.2 Å². The highest BCUT2D eigenvalue weighted by molar-refractivity contribution is 14.1. The third kappa shape index (κ3) is 3.77. The third-order valence-corrected chi connectivity index (χ3v) is 4.33. The molecule has 0 amide bonds. The van der Waals surface area contributed by atoms with Gasteiger partial charge in [-0.05, 0) is 34.2 Å². The van der Waals surface area contributed by atoms with Crippen LogP contribution in [-0.2, 0) is 12.6 Å². The van der Waals surface area contributed by atoms with Crippen LogP contribution in [0.2, 0.25) is 0 Å². The molecule has 0 fully saturated rings. The van der Waals surface area contributed by atoms with Crippen molar-refractivity contribution in [2.24, 2.45) is 0 Å². The van der Waals surface area contributed by atoms with Gasteiger partial charge in [-0.3, -0.25) is 0 Å². The second kappa shape index (κ2) is 6.77. The molecule has 1 heterocycles. The number of nitrogens with two attached hydrogens (primary N) is 1. The second-order valence-electron chi connectivity index (χ2n) is 4.58. The van der Waals surface area contributed by atoms with E-state index in [1.165, 1.54) is 14.2 Å². The fourth-order valence-corrected chi connectivity index (χ4v) is 2.88. The number of hydrogen-bond donors (Lipinski definition) is 1. The standard InChI is InChI=1S/C14H13F3IN3O2/c1-22-8-4-3-7(10(6-8)23-2)5-9-11(18)12(14(15,16)17)20-21-13(9)19/h3-4,6H,5H2,1-2H3,(H2,19,21). The molecular formula is C14H13F3IN3O2. The number of anilines is 1. The highest BCUT2D eigenvalue weighted by atomic mass is 127. The van der Waals surface area contributed by atoms with Crippen LogP contribution in [0.5, 0.6) is 11.5 Å². The van der Waals surface area contributed by atoms with Gasteiger partial charge in [0.05, 0.1) is 17.8 Å². The van der Waals surface area contributed by atoms with Crippen molar-refractivity contribution in [1.29, 1.82) is 0 Å². The van der Waals surface area contributed by atoms with E-state index in [1.54, 1.807) is 40.8 Å². The second-order valence-corrected chi connectivity index (χ2v) is 5.66. The smallest absolute Gasteiger partial charge is 0.436 e. The first-order chi connectivity index (χ1) is 10.8. The van der Waals surface area contributed by atoms with Crippen molar-refractivity contribution < 1.29 is 22.6 Å². The van der Waals surface area contributed by atoms with Crippen molar-refractivity contribution in [3.63, 3.8) is 0 Å². The first kappa shape index (κ1) is 17.6. The molecule has 9 heteroatoms. The molecule has 0 aliphatic carbocycles. The van der Waals surface area contributed by atoms with Gasteiger partial charge in [-0.1, -0.05) is 6.07 Å². The molecule has 124 valence electrons. The number of nitrogen functional groups attached to an aromatic ring is 1. The van der Waals surface area contributed by atoms with Crippen LogP contribution >= 0.6 is 22.6 Å². The Morgan fingerprint density at radius 3 is 2.43 bits per heavy atom. The molecule has 23 heavy (non-hydrogen) atoms. The SMILES string of the molecule is COc1ccc(Cc2c(N)nnc(C(F)(F)F)c2I)c(OC)c1. The Labute approximate surface area is 144 Å². The summed E-state index contributed by atoms with van der Waals surface area (Å²) in [6.45, 7) is 0. The van der Waals surface area contributed by atoms with Gasteiger partial charge in [-0.25, -0.2) is 0 Å². The van der Waals surface area contributed by atoms with Gasteiger partial charge in [0.1, 0.15) is 11.5 Å². The number of benzene rings is 1. The highest BCUT2D eigenvalue weighted by Crippen LogP contribution is 2.35. The summed E-state index contributed by atoms with van der Waals surface area (Å²) in [7, 11) is 2.98. The fraction of sp³-hybridized carbons (Fsp3) is 0.286. The van der Waals surface area contributed by atoms with E-state index in [2.05, 4.69) is 10.2 Å². The summed E-state index contributed by atoms with van der Waals surface area (Å²) in [5.74, 6) is 1.03. The maximum absolute atomic E-state index is 13.0. The third-order valence-electron chi connectivity index (χ3n) is 3.17. The summed E-state index contributed by atoms with van der Waals surface area (Å²) in [5.41, 5.74) is 5.60. The van der Waals surface area contributed by atoms with Gasteiger partial charge >= 0.3 is 6.18 Å². The van der Waals surface area contributed by atoms with Gasteiger partial charge in [-0.2, -0.15) is 13.2 Å². The van der Waals surface area contributed by atoms with Crippen LogP contribution < -0.4 is 15.2 Å². The molecule has 1 aromatic heterocycles. The van der Waals surface area contributed by atoms with Gasteiger partial charge < -0.3 is 15.2 Å². The van der Waals surface area contributed by atoms with Crippen molar-refractivity contribution in [3.05, 3.63) is 38.6 Å². The average Bonchev–Trinajstić information content (AvgIpc) is 2.50. The summed E-state index contributed by atoms with van der Waals surface area (Å²) in [6, 6.07) is 5.05. The van der Waals surface area contributed by atoms with Gasteiger partial charge in [0.2, 0.25) is 0 Å². The summed E-state index contributed by atoms with van der Waals surface area (Å²) >= 11 is 1.59. The number of halogens is 4. The molecule has 0 spiro atoms. The number of ether oxygens (including phenoxy) is 2. The lowest BCUT2D eigenvalue weighted by atomic mass is 10.0. The molecule has 2 aromatic rings. The number of aromatic nitrogens is 2. The molecule has 0 radical (unpaired) electrons. The largest absolute Gasteiger partial charge is 0.497 e. The Bertz CT molecular complexity index is 723. The van der Waals surface area contributed by atoms with Crippen LogP contribution in [0.4, 0.5) is 19.0 Å². The Morgan fingerprint density at radius 2 is 1.87 bits per heavy atom. The predicted octanol–water partition coefficient (Wildman–Crippen LogP) is 3.29. The Hall–Kier alpha value is -1.78. The molecule has 2 N–H and O–H groups in total. The molecule has 1 aromatic carbocycles. The van der Waals surface area contributed by atoms with Crippen LogP contribution in [-0.4, -0.2) is 24.4 Å². The number of alkyl halides is 3. The van der Waals surface area contributed by atoms with Crippen LogP contribution in [0, 0.1) is 3.57 Å². The van der Waals surface area contributed by atoms with E-state index >= 15 is 0 Å². The molecular weight excluding hydrogens is 426 g/mol. The Balaban J connectivity index is 2.48. The van der Waals surface area contributed by atoms with E-state index < -0.39 is 11.9 Å². The summed E-state index contributed by atoms with van der Waals surface area (Å²) in [4.78, 5) is 0. The normalized spacial score (nSPS) is 11.4. The van der Waals surface area contributed by atoms with E-state index in [0.29, 0.717) is 17.1 Å². The lowest BCUT2D eigenvalue weighted by Gasteiger charge is -2.15. The van der Waals surface area contributed by atoms with Crippen molar-refractivity contribution >= 4 is 28.4 Å². The minimum atomic E-state index is -4.59. The summed E-state index contributed by atoms with van der Waals surface area (Å²) < 4.78 is 49.1. The van der Waals surface area contributed by atoms with E-state index in [9.17, 15) is 13.2 Å². The molecule has 0 aliphatic heterocycles. The first-order valence-corrected chi connectivity index (χ1v) is 7.44. The first-order valence-electron chi connectivity index (χ1n) is 6.36. The zero-order chi connectivity index (χ0) is 17.2. The molecule has 5 nitrogen and oxygen atoms in total. The predicted molar refractivity (Wildman–Crippen MR) is 86.5 cm³/mol. The zero-order valence-electron chi connectivity index (χ0n) is 12.2. The van der Waals surface area contributed by atoms with Crippen molar-refractivity contribution in [2.45, 2.75) is 12.6 Å². The van der Waals surface area contributed by atoms with Crippen LogP contribution in [0.1, 0.15) is 16.8 Å². The average molecular weight is 439 g/mol. The molecule has 0 atom stereocenters. The lowest BCUT2D eigenvalue weighted by molar-refractivity contribution is -0.142. The highest BCUT2D eigenvalue weighted by Gasteiger charge is 2.37. The van der Waals surface area contributed by atoms with E-state index in [4.69, 9.17) is 15.2 Å². The van der Waals surface area contributed by atoms with Gasteiger partial charge in [-0.15, -0.1) is 10.2 Å². The Morgan fingerprint density at radius 1 is 1.17 bits per heavy atom. The lowest BCUT2D eigenvalue weighted by Crippen LogP contribution is -2.16. The van der Waals surface area contributed by atoms with Gasteiger partial charge in [0.15, 0.2) is 11.5 Å². The minimum Gasteiger partial charge on any atom is -0.497 e. The monoisotopic (exact) mass is 439 g/mol. The zero-order valence-corrected chi connectivity index (χ0v) is 14.4. The molecule has 2 rings (SSSR count). The van der Waals surface area contributed by atoms with Gasteiger partial charge in [0, 0.05) is 18.1 Å². The van der Waals surface area contributed by atoms with Crippen molar-refractivity contribution in [3.8, 4) is 11.5 Å². The Kier molecular flexibility index (Phi) is 5.17. The molecule has 0 unspecified atom stereocenters. The van der Waals surface area contributed by atoms with E-state index in [0.717, 1.165) is 0 Å². The summed E-state index contributed by atoms with van der Waals surface area (Å²) in [6.07, 6.45) is -4.45. The van der Waals surface area contributed by atoms with Gasteiger partial charge in [0.25, 0.3) is 0 Å². The maximum Gasteiger partial charge on any atom is 0.436 e.